The van der Waals surface area contributed by atoms with E-state index in [9.17, 15) is 9.59 Å². The van der Waals surface area contributed by atoms with Crippen molar-refractivity contribution in [2.75, 3.05) is 26.7 Å². The lowest BCUT2D eigenvalue weighted by atomic mass is 9.84. The molecule has 2 aliphatic heterocycles. The van der Waals surface area contributed by atoms with Crippen LogP contribution in [0, 0.1) is 5.92 Å². The van der Waals surface area contributed by atoms with Crippen LogP contribution in [-0.2, 0) is 17.8 Å². The fraction of sp³-hybridized carbons (Fsp3) is 0.515. The largest absolute Gasteiger partial charge is 0.493 e. The molecule has 1 aliphatic carbocycles. The molecule has 0 bridgehead atoms. The average molecular weight is 576 g/mol. The SMILES string of the molecule is CCN(C(=O)c1cc(-c2cccs2)c2n1CCc1cc(OC)c(OC(C)C)cc1-2)[C@@H]1CCCN(C(=O)C2CCC2)C1. The monoisotopic (exact) mass is 575 g/mol. The Morgan fingerprint density at radius 3 is 2.56 bits per heavy atom. The Labute approximate surface area is 247 Å². The molecule has 1 atom stereocenters. The van der Waals surface area contributed by atoms with Crippen molar-refractivity contribution in [2.45, 2.75) is 78.0 Å². The summed E-state index contributed by atoms with van der Waals surface area (Å²) in [6.45, 7) is 8.87. The summed E-state index contributed by atoms with van der Waals surface area (Å²) in [4.78, 5) is 32.6. The van der Waals surface area contributed by atoms with Crippen LogP contribution in [0.1, 0.15) is 68.9 Å². The second kappa shape index (κ2) is 11.6. The molecule has 2 fully saturated rings. The van der Waals surface area contributed by atoms with Gasteiger partial charge in [0.25, 0.3) is 5.91 Å². The van der Waals surface area contributed by atoms with E-state index in [1.54, 1.807) is 18.4 Å². The summed E-state index contributed by atoms with van der Waals surface area (Å²) in [5.74, 6) is 1.98. The third-order valence-electron chi connectivity index (χ3n) is 8.92. The minimum absolute atomic E-state index is 0.00979. The van der Waals surface area contributed by atoms with Gasteiger partial charge in [-0.2, -0.15) is 0 Å². The topological polar surface area (TPSA) is 64.0 Å². The highest BCUT2D eigenvalue weighted by atomic mass is 32.1. The molecule has 8 heteroatoms. The summed E-state index contributed by atoms with van der Waals surface area (Å²) in [5, 5.41) is 2.08. The predicted molar refractivity (Wildman–Crippen MR) is 163 cm³/mol. The van der Waals surface area contributed by atoms with E-state index in [1.165, 1.54) is 5.56 Å². The Kier molecular flexibility index (Phi) is 7.86. The molecule has 2 aromatic heterocycles. The predicted octanol–water partition coefficient (Wildman–Crippen LogP) is 6.49. The lowest BCUT2D eigenvalue weighted by molar-refractivity contribution is -0.140. The van der Waals surface area contributed by atoms with Gasteiger partial charge in [-0.25, -0.2) is 0 Å². The Bertz CT molecular complexity index is 1420. The highest BCUT2D eigenvalue weighted by Crippen LogP contribution is 2.45. The molecule has 3 aromatic rings. The van der Waals surface area contributed by atoms with E-state index in [-0.39, 0.29) is 29.9 Å². The van der Waals surface area contributed by atoms with Gasteiger partial charge in [0.05, 0.1) is 18.9 Å². The summed E-state index contributed by atoms with van der Waals surface area (Å²) < 4.78 is 14.1. The van der Waals surface area contributed by atoms with Crippen molar-refractivity contribution in [3.8, 4) is 33.2 Å². The molecule has 2 amide bonds. The van der Waals surface area contributed by atoms with Crippen LogP contribution in [0.4, 0.5) is 0 Å². The molecule has 4 heterocycles. The first-order valence-corrected chi connectivity index (χ1v) is 16.0. The quantitative estimate of drug-likeness (QED) is 0.308. The molecule has 1 saturated carbocycles. The van der Waals surface area contributed by atoms with Gasteiger partial charge in [-0.15, -0.1) is 11.3 Å². The Balaban J connectivity index is 1.38. The summed E-state index contributed by atoms with van der Waals surface area (Å²) >= 11 is 1.69. The van der Waals surface area contributed by atoms with E-state index in [0.717, 1.165) is 90.5 Å². The molecular weight excluding hydrogens is 534 g/mol. The standard InChI is InChI=1S/C33H41N3O4S/c1-5-35(24-11-7-14-34(20-24)32(37)22-9-6-10-22)33(38)27-18-26(30-12-8-16-41-30)31-25-19-29(40-21(2)3)28(39-4)17-23(25)13-15-36(27)31/h8,12,16-19,21-22,24H,5-7,9-11,13-15,20H2,1-4H3/t24-/m1/s1. The number of thiophene rings is 1. The first-order chi connectivity index (χ1) is 19.9. The number of hydrogen-bond acceptors (Lipinski definition) is 5. The molecule has 0 N–H and O–H groups in total. The Hall–Kier alpha value is -3.26. The number of piperidine rings is 1. The third kappa shape index (κ3) is 5.16. The fourth-order valence-electron chi connectivity index (χ4n) is 6.67. The fourth-order valence-corrected chi connectivity index (χ4v) is 7.42. The lowest BCUT2D eigenvalue weighted by Crippen LogP contribution is -2.53. The van der Waals surface area contributed by atoms with Crippen LogP contribution in [-0.4, -0.2) is 65.1 Å². The number of rotatable bonds is 8. The number of hydrogen-bond donors (Lipinski definition) is 0. The van der Waals surface area contributed by atoms with E-state index in [0.29, 0.717) is 13.1 Å². The molecule has 0 unspecified atom stereocenters. The molecule has 218 valence electrons. The molecule has 1 aromatic carbocycles. The van der Waals surface area contributed by atoms with E-state index in [1.807, 2.05) is 23.6 Å². The van der Waals surface area contributed by atoms with Crippen LogP contribution in [0.15, 0.2) is 35.7 Å². The van der Waals surface area contributed by atoms with E-state index < -0.39 is 0 Å². The van der Waals surface area contributed by atoms with Crippen LogP contribution in [0.5, 0.6) is 11.5 Å². The molecule has 1 saturated heterocycles. The number of benzene rings is 1. The second-order valence-electron chi connectivity index (χ2n) is 11.8. The van der Waals surface area contributed by atoms with Crippen LogP contribution in [0.25, 0.3) is 21.7 Å². The lowest BCUT2D eigenvalue weighted by Gasteiger charge is -2.41. The van der Waals surface area contributed by atoms with E-state index in [4.69, 9.17) is 9.47 Å². The van der Waals surface area contributed by atoms with Gasteiger partial charge >= 0.3 is 0 Å². The van der Waals surface area contributed by atoms with Gasteiger partial charge in [0.15, 0.2) is 11.5 Å². The second-order valence-corrected chi connectivity index (χ2v) is 12.7. The number of ether oxygens (including phenoxy) is 2. The highest BCUT2D eigenvalue weighted by Gasteiger charge is 2.36. The first-order valence-electron chi connectivity index (χ1n) is 15.1. The first kappa shape index (κ1) is 27.9. The maximum Gasteiger partial charge on any atom is 0.270 e. The number of amides is 2. The zero-order valence-corrected chi connectivity index (χ0v) is 25.5. The smallest absolute Gasteiger partial charge is 0.270 e. The molecule has 6 rings (SSSR count). The van der Waals surface area contributed by atoms with E-state index >= 15 is 0 Å². The number of aromatic nitrogens is 1. The van der Waals surface area contributed by atoms with Gasteiger partial charge in [0.1, 0.15) is 5.69 Å². The van der Waals surface area contributed by atoms with Crippen molar-refractivity contribution in [2.24, 2.45) is 5.92 Å². The van der Waals surface area contributed by atoms with Crippen molar-refractivity contribution in [3.63, 3.8) is 0 Å². The van der Waals surface area contributed by atoms with Crippen LogP contribution in [0.3, 0.4) is 0 Å². The zero-order chi connectivity index (χ0) is 28.7. The van der Waals surface area contributed by atoms with Crippen molar-refractivity contribution in [1.82, 2.24) is 14.4 Å². The van der Waals surface area contributed by atoms with Crippen molar-refractivity contribution in [1.29, 1.82) is 0 Å². The zero-order valence-electron chi connectivity index (χ0n) is 24.7. The van der Waals surface area contributed by atoms with Crippen molar-refractivity contribution < 1.29 is 19.1 Å². The van der Waals surface area contributed by atoms with Crippen molar-refractivity contribution >= 4 is 23.2 Å². The molecule has 3 aliphatic rings. The number of carbonyl (C=O) groups is 2. The Morgan fingerprint density at radius 2 is 1.90 bits per heavy atom. The molecule has 41 heavy (non-hydrogen) atoms. The summed E-state index contributed by atoms with van der Waals surface area (Å²) in [7, 11) is 1.68. The Morgan fingerprint density at radius 1 is 1.07 bits per heavy atom. The van der Waals surface area contributed by atoms with Gasteiger partial charge in [0.2, 0.25) is 5.91 Å². The van der Waals surface area contributed by atoms with Gasteiger partial charge in [-0.3, -0.25) is 9.59 Å². The molecule has 0 radical (unpaired) electrons. The number of nitrogens with zero attached hydrogens (tertiary/aromatic N) is 3. The number of carbonyl (C=O) groups excluding carboxylic acids is 2. The molecule has 0 spiro atoms. The normalized spacial score (nSPS) is 18.5. The number of fused-ring (bicyclic) bond motifs is 3. The molecular formula is C33H41N3O4S. The average Bonchev–Trinajstić information content (AvgIpc) is 3.60. The minimum Gasteiger partial charge on any atom is -0.493 e. The van der Waals surface area contributed by atoms with Crippen LogP contribution >= 0.6 is 11.3 Å². The summed E-state index contributed by atoms with van der Waals surface area (Å²) in [6.07, 6.45) is 5.85. The van der Waals surface area contributed by atoms with E-state index in [2.05, 4.69) is 47.2 Å². The number of aryl methyl sites for hydroxylation is 1. The van der Waals surface area contributed by atoms with Gasteiger partial charge in [-0.1, -0.05) is 12.5 Å². The van der Waals surface area contributed by atoms with Gasteiger partial charge in [0, 0.05) is 54.1 Å². The van der Waals surface area contributed by atoms with Crippen LogP contribution < -0.4 is 9.47 Å². The maximum absolute atomic E-state index is 14.4. The summed E-state index contributed by atoms with van der Waals surface area (Å²) in [5.41, 5.74) is 5.15. The van der Waals surface area contributed by atoms with Crippen LogP contribution in [0.2, 0.25) is 0 Å². The molecule has 7 nitrogen and oxygen atoms in total. The van der Waals surface area contributed by atoms with Gasteiger partial charge < -0.3 is 23.8 Å². The summed E-state index contributed by atoms with van der Waals surface area (Å²) in [6, 6.07) is 10.5. The number of methoxy groups -OCH3 is 1. The minimum atomic E-state index is 0.00979. The third-order valence-corrected chi connectivity index (χ3v) is 9.82. The van der Waals surface area contributed by atoms with Gasteiger partial charge in [-0.05, 0) is 88.1 Å². The maximum atomic E-state index is 14.4. The highest BCUT2D eigenvalue weighted by molar-refractivity contribution is 7.13. The number of likely N-dealkylation sites (tertiary alicyclic amines) is 1. The number of likely N-dealkylation sites (N-methyl/N-ethyl adjacent to an activating group) is 1. The van der Waals surface area contributed by atoms with Crippen molar-refractivity contribution in [3.05, 3.63) is 47.0 Å².